The van der Waals surface area contributed by atoms with Crippen molar-refractivity contribution in [3.63, 3.8) is 0 Å². The average molecular weight is 408 g/mol. The first kappa shape index (κ1) is 18.7. The van der Waals surface area contributed by atoms with Gasteiger partial charge in [0, 0.05) is 18.1 Å². The Hall–Kier alpha value is -4.31. The summed E-state index contributed by atoms with van der Waals surface area (Å²) in [6.45, 7) is 3.96. The number of hydrogen-bond acceptors (Lipinski definition) is 5. The summed E-state index contributed by atoms with van der Waals surface area (Å²) in [6.07, 6.45) is 5.37. The number of ether oxygens (including phenoxy) is 1. The van der Waals surface area contributed by atoms with Crippen molar-refractivity contribution in [1.29, 1.82) is 5.26 Å². The van der Waals surface area contributed by atoms with Crippen molar-refractivity contribution in [2.75, 3.05) is 0 Å². The summed E-state index contributed by atoms with van der Waals surface area (Å²) in [5, 5.41) is 14.6. The van der Waals surface area contributed by atoms with Crippen LogP contribution < -0.4 is 10.5 Å². The molecule has 2 aromatic heterocycles. The fourth-order valence-electron chi connectivity index (χ4n) is 3.96. The molecule has 0 fully saturated rings. The van der Waals surface area contributed by atoms with Crippen LogP contribution in [-0.4, -0.2) is 19.3 Å². The van der Waals surface area contributed by atoms with Crippen LogP contribution in [0.5, 0.6) is 5.88 Å². The van der Waals surface area contributed by atoms with Gasteiger partial charge in [0.1, 0.15) is 11.6 Å². The van der Waals surface area contributed by atoms with E-state index in [0.717, 1.165) is 33.8 Å². The van der Waals surface area contributed by atoms with Crippen LogP contribution in [0.15, 0.2) is 78.7 Å². The molecule has 4 aromatic rings. The van der Waals surface area contributed by atoms with Gasteiger partial charge >= 0.3 is 0 Å². The Balaban J connectivity index is 1.65. The number of nitrogens with two attached hydrogens (primary N) is 1. The van der Waals surface area contributed by atoms with Gasteiger partial charge in [0.2, 0.25) is 11.8 Å². The van der Waals surface area contributed by atoms with Crippen molar-refractivity contribution in [1.82, 2.24) is 19.3 Å². The zero-order chi connectivity index (χ0) is 21.5. The number of nitriles is 1. The van der Waals surface area contributed by atoms with E-state index in [1.54, 1.807) is 17.2 Å². The van der Waals surface area contributed by atoms with Crippen LogP contribution in [0.2, 0.25) is 0 Å². The molecule has 3 heterocycles. The second-order valence-corrected chi connectivity index (χ2v) is 7.54. The molecule has 0 aliphatic carbocycles. The fourth-order valence-corrected chi connectivity index (χ4v) is 3.96. The van der Waals surface area contributed by atoms with Crippen molar-refractivity contribution >= 4 is 0 Å². The SMILES string of the molecule is Cc1ccc(-n2nc(C)c3c2OC(N)=C(C#N)C3c2ccc(-n3ccnc3)cc2)cc1. The molecule has 7 heteroatoms. The molecular formula is C24H20N6O. The van der Waals surface area contributed by atoms with Crippen LogP contribution in [0, 0.1) is 25.2 Å². The van der Waals surface area contributed by atoms with Gasteiger partial charge in [0.25, 0.3) is 0 Å². The van der Waals surface area contributed by atoms with Crippen molar-refractivity contribution < 1.29 is 4.74 Å². The summed E-state index contributed by atoms with van der Waals surface area (Å²) in [7, 11) is 0. The lowest BCUT2D eigenvalue weighted by molar-refractivity contribution is 0.367. The van der Waals surface area contributed by atoms with Crippen LogP contribution in [0.25, 0.3) is 11.4 Å². The fraction of sp³-hybridized carbons (Fsp3) is 0.125. The van der Waals surface area contributed by atoms with E-state index in [9.17, 15) is 5.26 Å². The standard InChI is InChI=1S/C24H20N6O/c1-15-3-7-19(8-4-15)30-24-21(16(2)28-30)22(20(13-25)23(26)31-24)17-5-9-18(10-6-17)29-12-11-27-14-29/h3-12,14,22H,26H2,1-2H3. The number of aromatic nitrogens is 4. The van der Waals surface area contributed by atoms with Crippen LogP contribution in [-0.2, 0) is 0 Å². The molecule has 0 spiro atoms. The number of hydrogen-bond donors (Lipinski definition) is 1. The molecule has 0 saturated heterocycles. The molecular weight excluding hydrogens is 388 g/mol. The van der Waals surface area contributed by atoms with E-state index in [1.807, 2.05) is 73.1 Å². The molecule has 1 aliphatic heterocycles. The highest BCUT2D eigenvalue weighted by Crippen LogP contribution is 2.44. The van der Waals surface area contributed by atoms with Crippen LogP contribution in [0.4, 0.5) is 0 Å². The van der Waals surface area contributed by atoms with Gasteiger partial charge in [-0.15, -0.1) is 0 Å². The van der Waals surface area contributed by atoms with Gasteiger partial charge in [-0.1, -0.05) is 29.8 Å². The van der Waals surface area contributed by atoms with E-state index in [1.165, 1.54) is 0 Å². The molecule has 7 nitrogen and oxygen atoms in total. The lowest BCUT2D eigenvalue weighted by Gasteiger charge is -2.25. The summed E-state index contributed by atoms with van der Waals surface area (Å²) in [5.74, 6) is 0.290. The normalized spacial score (nSPS) is 15.3. The predicted octanol–water partition coefficient (Wildman–Crippen LogP) is 3.89. The third-order valence-electron chi connectivity index (χ3n) is 5.54. The summed E-state index contributed by atoms with van der Waals surface area (Å²) >= 11 is 0. The minimum absolute atomic E-state index is 0.104. The van der Waals surface area contributed by atoms with E-state index >= 15 is 0 Å². The molecule has 1 unspecified atom stereocenters. The van der Waals surface area contributed by atoms with Crippen LogP contribution >= 0.6 is 0 Å². The Morgan fingerprint density at radius 3 is 2.39 bits per heavy atom. The molecule has 2 N–H and O–H groups in total. The van der Waals surface area contributed by atoms with E-state index in [0.29, 0.717) is 11.5 Å². The average Bonchev–Trinajstić information content (AvgIpc) is 3.42. The van der Waals surface area contributed by atoms with Crippen LogP contribution in [0.1, 0.15) is 28.3 Å². The topological polar surface area (TPSA) is 94.7 Å². The molecule has 1 atom stereocenters. The summed E-state index contributed by atoms with van der Waals surface area (Å²) in [4.78, 5) is 4.09. The monoisotopic (exact) mass is 408 g/mol. The first-order chi connectivity index (χ1) is 15.1. The first-order valence-corrected chi connectivity index (χ1v) is 9.89. The Bertz CT molecular complexity index is 1320. The van der Waals surface area contributed by atoms with Crippen molar-refractivity contribution in [2.45, 2.75) is 19.8 Å². The van der Waals surface area contributed by atoms with E-state index in [4.69, 9.17) is 15.6 Å². The highest BCUT2D eigenvalue weighted by Gasteiger charge is 2.36. The van der Waals surface area contributed by atoms with Gasteiger partial charge < -0.3 is 15.0 Å². The lowest BCUT2D eigenvalue weighted by atomic mass is 9.84. The first-order valence-electron chi connectivity index (χ1n) is 9.89. The van der Waals surface area contributed by atoms with E-state index in [-0.39, 0.29) is 11.8 Å². The molecule has 2 aromatic carbocycles. The van der Waals surface area contributed by atoms with Crippen LogP contribution in [0.3, 0.4) is 0 Å². The smallest absolute Gasteiger partial charge is 0.229 e. The number of aryl methyl sites for hydroxylation is 2. The third-order valence-corrected chi connectivity index (χ3v) is 5.54. The summed E-state index contributed by atoms with van der Waals surface area (Å²) < 4.78 is 9.60. The minimum atomic E-state index is -0.357. The molecule has 5 rings (SSSR count). The Morgan fingerprint density at radius 2 is 1.74 bits per heavy atom. The Labute approximate surface area is 179 Å². The highest BCUT2D eigenvalue weighted by atomic mass is 16.5. The van der Waals surface area contributed by atoms with Gasteiger partial charge in [-0.25, -0.2) is 9.67 Å². The number of imidazole rings is 1. The second kappa shape index (κ2) is 7.18. The highest BCUT2D eigenvalue weighted by molar-refractivity contribution is 5.57. The number of allylic oxidation sites excluding steroid dienone is 1. The Morgan fingerprint density at radius 1 is 1.03 bits per heavy atom. The molecule has 1 aliphatic rings. The maximum Gasteiger partial charge on any atom is 0.229 e. The predicted molar refractivity (Wildman–Crippen MR) is 116 cm³/mol. The van der Waals surface area contributed by atoms with E-state index in [2.05, 4.69) is 11.1 Å². The second-order valence-electron chi connectivity index (χ2n) is 7.54. The number of nitrogens with zero attached hydrogens (tertiary/aromatic N) is 5. The zero-order valence-corrected chi connectivity index (χ0v) is 17.1. The van der Waals surface area contributed by atoms with E-state index < -0.39 is 0 Å². The van der Waals surface area contributed by atoms with Crippen molar-refractivity contribution in [2.24, 2.45) is 5.73 Å². The molecule has 31 heavy (non-hydrogen) atoms. The molecule has 152 valence electrons. The van der Waals surface area contributed by atoms with Gasteiger partial charge in [-0.2, -0.15) is 10.4 Å². The summed E-state index contributed by atoms with van der Waals surface area (Å²) in [6, 6.07) is 18.3. The number of fused-ring (bicyclic) bond motifs is 1. The maximum atomic E-state index is 9.86. The molecule has 0 radical (unpaired) electrons. The molecule has 0 bridgehead atoms. The van der Waals surface area contributed by atoms with Crippen molar-refractivity contribution in [3.05, 3.63) is 101 Å². The van der Waals surface area contributed by atoms with Gasteiger partial charge in [0.15, 0.2) is 0 Å². The van der Waals surface area contributed by atoms with Gasteiger partial charge in [-0.3, -0.25) is 0 Å². The maximum absolute atomic E-state index is 9.86. The largest absolute Gasteiger partial charge is 0.422 e. The number of rotatable bonds is 3. The molecule has 0 saturated carbocycles. The quantitative estimate of drug-likeness (QED) is 0.555. The molecule has 0 amide bonds. The zero-order valence-electron chi connectivity index (χ0n) is 17.1. The van der Waals surface area contributed by atoms with Gasteiger partial charge in [0.05, 0.1) is 29.2 Å². The third kappa shape index (κ3) is 3.06. The Kier molecular flexibility index (Phi) is 4.33. The summed E-state index contributed by atoms with van der Waals surface area (Å²) in [5.41, 5.74) is 12.2. The number of benzene rings is 2. The van der Waals surface area contributed by atoms with Gasteiger partial charge in [-0.05, 0) is 43.7 Å². The van der Waals surface area contributed by atoms with Crippen molar-refractivity contribution in [3.8, 4) is 23.3 Å². The minimum Gasteiger partial charge on any atom is -0.422 e. The lowest BCUT2D eigenvalue weighted by Crippen LogP contribution is -2.22.